The van der Waals surface area contributed by atoms with E-state index in [-0.39, 0.29) is 11.6 Å². The maximum atomic E-state index is 13.2. The van der Waals surface area contributed by atoms with Crippen LogP contribution in [0.1, 0.15) is 5.56 Å². The summed E-state index contributed by atoms with van der Waals surface area (Å²) in [7, 11) is 0. The van der Waals surface area contributed by atoms with Crippen LogP contribution in [-0.2, 0) is 9.53 Å². The lowest BCUT2D eigenvalue weighted by atomic mass is 10.2. The molecule has 10 heteroatoms. The Morgan fingerprint density at radius 3 is 2.73 bits per heavy atom. The monoisotopic (exact) mass is 484 g/mol. The smallest absolute Gasteiger partial charge is 0.269 e. The Labute approximate surface area is 200 Å². The third-order valence-electron chi connectivity index (χ3n) is 5.35. The van der Waals surface area contributed by atoms with E-state index in [1.165, 1.54) is 29.5 Å². The highest BCUT2D eigenvalue weighted by atomic mass is 32.2. The fourth-order valence-corrected chi connectivity index (χ4v) is 5.02. The molecule has 0 atom stereocenters. The molecule has 1 aromatic heterocycles. The van der Waals surface area contributed by atoms with Crippen LogP contribution in [0.2, 0.25) is 0 Å². The molecule has 0 saturated carbocycles. The van der Waals surface area contributed by atoms with Crippen molar-refractivity contribution < 1.29 is 14.5 Å². The predicted octanol–water partition coefficient (Wildman–Crippen LogP) is 4.31. The van der Waals surface area contributed by atoms with E-state index >= 15 is 0 Å². The highest BCUT2D eigenvalue weighted by Crippen LogP contribution is 2.32. The Kier molecular flexibility index (Phi) is 7.71. The number of rotatable bonds is 8. The minimum absolute atomic E-state index is 0.0182. The zero-order valence-electron chi connectivity index (χ0n) is 18.2. The number of nitrogens with zero attached hydrogens (tertiary/aromatic N) is 4. The molecule has 1 saturated heterocycles. The molecule has 0 radical (unpaired) electrons. The number of hydrogen-bond acceptors (Lipinski definition) is 8. The van der Waals surface area contributed by atoms with Gasteiger partial charge in [-0.3, -0.25) is 24.7 Å². The van der Waals surface area contributed by atoms with Crippen LogP contribution in [-0.4, -0.2) is 66.4 Å². The second-order valence-electron chi connectivity index (χ2n) is 7.46. The lowest BCUT2D eigenvalue weighted by Gasteiger charge is -2.28. The van der Waals surface area contributed by atoms with E-state index in [0.717, 1.165) is 40.3 Å². The average molecular weight is 485 g/mol. The Balaban J connectivity index is 1.55. The summed E-state index contributed by atoms with van der Waals surface area (Å²) in [5.41, 5.74) is 1.61. The lowest BCUT2D eigenvalue weighted by Crippen LogP contribution is -2.42. The molecular weight excluding hydrogens is 460 g/mol. The number of carbonyl (C=O) groups is 1. The quantitative estimate of drug-likeness (QED) is 0.204. The van der Waals surface area contributed by atoms with Gasteiger partial charge in [0.25, 0.3) is 11.6 Å². The van der Waals surface area contributed by atoms with E-state index in [0.29, 0.717) is 24.9 Å². The summed E-state index contributed by atoms with van der Waals surface area (Å²) >= 11 is 3.18. The highest BCUT2D eigenvalue weighted by molar-refractivity contribution is 7.98. The first-order valence-electron chi connectivity index (χ1n) is 10.5. The van der Waals surface area contributed by atoms with Gasteiger partial charge >= 0.3 is 0 Å². The molecular formula is C23H24N4O4S2. The number of morpholine rings is 1. The first kappa shape index (κ1) is 23.4. The van der Waals surface area contributed by atoms with Crippen molar-refractivity contribution in [2.75, 3.05) is 50.5 Å². The first-order chi connectivity index (χ1) is 16.0. The maximum Gasteiger partial charge on any atom is 0.269 e. The number of carbonyl (C=O) groups excluding carboxylic acids is 1. The summed E-state index contributed by atoms with van der Waals surface area (Å²) < 4.78 is 6.47. The van der Waals surface area contributed by atoms with Crippen LogP contribution >= 0.6 is 23.1 Å². The van der Waals surface area contributed by atoms with Gasteiger partial charge in [-0.05, 0) is 48.2 Å². The SMILES string of the molecule is CSc1ccc2nc(N(CCN3CCOCC3)C(=O)/C=C/c3ccc([N+](=O)[O-])cc3)sc2c1. The molecule has 0 N–H and O–H groups in total. The number of amides is 1. The predicted molar refractivity (Wildman–Crippen MR) is 133 cm³/mol. The minimum atomic E-state index is -0.443. The van der Waals surface area contributed by atoms with E-state index in [1.807, 2.05) is 18.4 Å². The largest absolute Gasteiger partial charge is 0.379 e. The molecule has 1 aliphatic rings. The summed E-state index contributed by atoms with van der Waals surface area (Å²) in [6, 6.07) is 12.2. The van der Waals surface area contributed by atoms with Gasteiger partial charge in [0.2, 0.25) is 0 Å². The van der Waals surface area contributed by atoms with Crippen molar-refractivity contribution in [1.29, 1.82) is 0 Å². The molecule has 33 heavy (non-hydrogen) atoms. The number of thioether (sulfide) groups is 1. The topological polar surface area (TPSA) is 88.8 Å². The van der Waals surface area contributed by atoms with Gasteiger partial charge in [0, 0.05) is 49.3 Å². The van der Waals surface area contributed by atoms with Gasteiger partial charge in [-0.2, -0.15) is 0 Å². The third-order valence-corrected chi connectivity index (χ3v) is 7.11. The van der Waals surface area contributed by atoms with E-state index < -0.39 is 4.92 Å². The normalized spacial score (nSPS) is 14.7. The second kappa shape index (κ2) is 10.9. The second-order valence-corrected chi connectivity index (χ2v) is 9.34. The van der Waals surface area contributed by atoms with Crippen molar-refractivity contribution in [2.45, 2.75) is 4.90 Å². The van der Waals surface area contributed by atoms with Crippen LogP contribution in [0.4, 0.5) is 10.8 Å². The van der Waals surface area contributed by atoms with Gasteiger partial charge in [0.05, 0.1) is 28.4 Å². The minimum Gasteiger partial charge on any atom is -0.379 e. The highest BCUT2D eigenvalue weighted by Gasteiger charge is 2.20. The molecule has 3 aromatic rings. The molecule has 8 nitrogen and oxygen atoms in total. The third kappa shape index (κ3) is 5.97. The zero-order valence-corrected chi connectivity index (χ0v) is 19.8. The van der Waals surface area contributed by atoms with E-state index in [1.54, 1.807) is 34.9 Å². The van der Waals surface area contributed by atoms with E-state index in [9.17, 15) is 14.9 Å². The molecule has 1 fully saturated rings. The Hall–Kier alpha value is -2.79. The van der Waals surface area contributed by atoms with Crippen molar-refractivity contribution in [2.24, 2.45) is 0 Å². The van der Waals surface area contributed by atoms with Gasteiger partial charge < -0.3 is 4.74 Å². The zero-order chi connectivity index (χ0) is 23.2. The average Bonchev–Trinajstić information content (AvgIpc) is 3.26. The van der Waals surface area contributed by atoms with E-state index in [2.05, 4.69) is 11.0 Å². The number of anilines is 1. The molecule has 0 spiro atoms. The standard InChI is InChI=1S/C23H24N4O4S2/c1-32-19-7-8-20-21(16-19)33-23(24-20)26(11-10-25-12-14-31-15-13-25)22(28)9-4-17-2-5-18(6-3-17)27(29)30/h2-9,16H,10-15H2,1H3/b9-4+. The number of ether oxygens (including phenoxy) is 1. The van der Waals surface area contributed by atoms with Gasteiger partial charge in [0.1, 0.15) is 0 Å². The Morgan fingerprint density at radius 1 is 1.27 bits per heavy atom. The first-order valence-corrected chi connectivity index (χ1v) is 12.6. The fraction of sp³-hybridized carbons (Fsp3) is 0.304. The summed E-state index contributed by atoms with van der Waals surface area (Å²) in [5.74, 6) is -0.175. The Morgan fingerprint density at radius 2 is 2.03 bits per heavy atom. The van der Waals surface area contributed by atoms with E-state index in [4.69, 9.17) is 9.72 Å². The van der Waals surface area contributed by atoms with Crippen LogP contribution < -0.4 is 4.90 Å². The summed E-state index contributed by atoms with van der Waals surface area (Å²) in [6.45, 7) is 4.33. The van der Waals surface area contributed by atoms with Crippen molar-refractivity contribution >= 4 is 56.1 Å². The number of non-ortho nitro benzene ring substituents is 1. The van der Waals surface area contributed by atoms with Crippen LogP contribution in [0.5, 0.6) is 0 Å². The molecule has 0 bridgehead atoms. The number of thiazole rings is 1. The van der Waals surface area contributed by atoms with Gasteiger partial charge in [-0.15, -0.1) is 11.8 Å². The molecule has 2 heterocycles. The number of hydrogen-bond donors (Lipinski definition) is 0. The molecule has 1 amide bonds. The molecule has 0 unspecified atom stereocenters. The lowest BCUT2D eigenvalue weighted by molar-refractivity contribution is -0.384. The number of fused-ring (bicyclic) bond motifs is 1. The molecule has 0 aliphatic carbocycles. The van der Waals surface area contributed by atoms with Gasteiger partial charge in [-0.25, -0.2) is 4.98 Å². The van der Waals surface area contributed by atoms with Gasteiger partial charge in [-0.1, -0.05) is 11.3 Å². The molecule has 172 valence electrons. The van der Waals surface area contributed by atoms with Gasteiger partial charge in [0.15, 0.2) is 5.13 Å². The van der Waals surface area contributed by atoms with Crippen molar-refractivity contribution in [1.82, 2.24) is 9.88 Å². The maximum absolute atomic E-state index is 13.2. The molecule has 1 aliphatic heterocycles. The number of benzene rings is 2. The fourth-order valence-electron chi connectivity index (χ4n) is 3.47. The number of nitro groups is 1. The summed E-state index contributed by atoms with van der Waals surface area (Å²) in [6.07, 6.45) is 5.21. The van der Waals surface area contributed by atoms with Crippen molar-refractivity contribution in [3.63, 3.8) is 0 Å². The summed E-state index contributed by atoms with van der Waals surface area (Å²) in [4.78, 5) is 33.5. The van der Waals surface area contributed by atoms with Crippen LogP contribution in [0.3, 0.4) is 0 Å². The Bertz CT molecular complexity index is 1160. The number of nitro benzene ring substituents is 1. The van der Waals surface area contributed by atoms with Crippen LogP contribution in [0.25, 0.3) is 16.3 Å². The van der Waals surface area contributed by atoms with Crippen molar-refractivity contribution in [3.8, 4) is 0 Å². The molecule has 2 aromatic carbocycles. The molecule has 4 rings (SSSR count). The summed E-state index contributed by atoms with van der Waals surface area (Å²) in [5, 5.41) is 11.5. The van der Waals surface area contributed by atoms with Crippen LogP contribution in [0, 0.1) is 10.1 Å². The van der Waals surface area contributed by atoms with Crippen LogP contribution in [0.15, 0.2) is 53.4 Å². The number of aromatic nitrogens is 1. The van der Waals surface area contributed by atoms with Crippen molar-refractivity contribution in [3.05, 3.63) is 64.2 Å².